The van der Waals surface area contributed by atoms with Crippen molar-refractivity contribution in [1.29, 1.82) is 0 Å². The van der Waals surface area contributed by atoms with E-state index in [4.69, 9.17) is 9.47 Å². The molecule has 2 aliphatic heterocycles. The Hall–Kier alpha value is -3.55. The molecule has 8 heteroatoms. The predicted octanol–water partition coefficient (Wildman–Crippen LogP) is 2.98. The Morgan fingerprint density at radius 1 is 0.862 bits per heavy atom. The summed E-state index contributed by atoms with van der Waals surface area (Å²) in [5.74, 6) is 4.96. The van der Waals surface area contributed by atoms with E-state index < -0.39 is 0 Å². The lowest BCUT2D eigenvalue weighted by Gasteiger charge is -2.36. The highest BCUT2D eigenvalue weighted by Gasteiger charge is 2.20. The lowest BCUT2D eigenvalue weighted by Crippen LogP contribution is -2.47. The van der Waals surface area contributed by atoms with E-state index >= 15 is 0 Å². The van der Waals surface area contributed by atoms with Gasteiger partial charge in [0.25, 0.3) is 0 Å². The Balaban J connectivity index is 1.30. The third kappa shape index (κ3) is 3.73. The Labute approximate surface area is 169 Å². The molecule has 0 saturated carbocycles. The fourth-order valence-corrected chi connectivity index (χ4v) is 3.61. The number of nitrogens with one attached hydrogen (secondary N) is 1. The summed E-state index contributed by atoms with van der Waals surface area (Å²) in [6.45, 7) is 5.77. The van der Waals surface area contributed by atoms with E-state index in [-0.39, 0.29) is 6.79 Å². The Morgan fingerprint density at radius 2 is 1.66 bits per heavy atom. The molecule has 1 fully saturated rings. The summed E-state index contributed by atoms with van der Waals surface area (Å²) >= 11 is 0. The van der Waals surface area contributed by atoms with Crippen LogP contribution in [0.15, 0.2) is 48.7 Å². The zero-order chi connectivity index (χ0) is 19.6. The molecule has 8 nitrogen and oxygen atoms in total. The Kier molecular flexibility index (Phi) is 4.51. The number of hydrogen-bond donors (Lipinski definition) is 1. The minimum atomic E-state index is 0.264. The van der Waals surface area contributed by atoms with Gasteiger partial charge in [-0.2, -0.15) is 0 Å². The molecule has 0 unspecified atom stereocenters. The number of fused-ring (bicyclic) bond motifs is 1. The molecule has 0 amide bonds. The second-order valence-electron chi connectivity index (χ2n) is 7.01. The summed E-state index contributed by atoms with van der Waals surface area (Å²) in [6, 6.07) is 13.8. The van der Waals surface area contributed by atoms with Crippen LogP contribution >= 0.6 is 0 Å². The van der Waals surface area contributed by atoms with Crippen molar-refractivity contribution in [2.75, 3.05) is 48.1 Å². The van der Waals surface area contributed by atoms with Crippen LogP contribution in [0.2, 0.25) is 0 Å². The van der Waals surface area contributed by atoms with Crippen molar-refractivity contribution in [2.45, 2.75) is 6.92 Å². The van der Waals surface area contributed by atoms with Gasteiger partial charge in [-0.05, 0) is 31.2 Å². The number of aromatic nitrogens is 3. The third-order valence-corrected chi connectivity index (χ3v) is 5.05. The monoisotopic (exact) mass is 390 g/mol. The zero-order valence-corrected chi connectivity index (χ0v) is 16.2. The van der Waals surface area contributed by atoms with E-state index in [1.807, 2.05) is 49.5 Å². The largest absolute Gasteiger partial charge is 0.454 e. The average Bonchev–Trinajstić information content (AvgIpc) is 3.22. The van der Waals surface area contributed by atoms with E-state index in [0.29, 0.717) is 0 Å². The molecular formula is C21H22N6O2. The highest BCUT2D eigenvalue weighted by atomic mass is 16.7. The molecule has 1 aromatic carbocycles. The predicted molar refractivity (Wildman–Crippen MR) is 111 cm³/mol. The van der Waals surface area contributed by atoms with Crippen molar-refractivity contribution in [3.63, 3.8) is 0 Å². The summed E-state index contributed by atoms with van der Waals surface area (Å²) < 4.78 is 10.8. The summed E-state index contributed by atoms with van der Waals surface area (Å²) in [4.78, 5) is 18.2. The van der Waals surface area contributed by atoms with Crippen LogP contribution in [0.4, 0.5) is 23.1 Å². The van der Waals surface area contributed by atoms with Crippen molar-refractivity contribution in [3.05, 3.63) is 54.5 Å². The Bertz CT molecular complexity index is 1010. The molecule has 1 saturated heterocycles. The molecule has 0 bridgehead atoms. The number of pyridine rings is 1. The summed E-state index contributed by atoms with van der Waals surface area (Å²) in [7, 11) is 0. The van der Waals surface area contributed by atoms with E-state index in [2.05, 4.69) is 36.1 Å². The molecule has 2 aliphatic rings. The first kappa shape index (κ1) is 17.5. The van der Waals surface area contributed by atoms with Gasteiger partial charge in [-0.25, -0.2) is 15.0 Å². The molecule has 0 aliphatic carbocycles. The normalized spacial score (nSPS) is 15.5. The maximum atomic E-state index is 5.45. The number of nitrogens with zero attached hydrogens (tertiary/aromatic N) is 5. The van der Waals surface area contributed by atoms with Crippen molar-refractivity contribution in [2.24, 2.45) is 0 Å². The van der Waals surface area contributed by atoms with Crippen molar-refractivity contribution in [1.82, 2.24) is 15.0 Å². The number of rotatable bonds is 4. The SMILES string of the molecule is Cc1nc(Nc2ccc3c(c2)OCO3)cc(N2CCN(c3ccccn3)CC2)n1. The molecule has 3 aromatic rings. The number of aryl methyl sites for hydroxylation is 1. The zero-order valence-electron chi connectivity index (χ0n) is 16.2. The molecular weight excluding hydrogens is 368 g/mol. The highest BCUT2D eigenvalue weighted by Crippen LogP contribution is 2.35. The summed E-state index contributed by atoms with van der Waals surface area (Å²) in [5.41, 5.74) is 0.901. The number of anilines is 4. The van der Waals surface area contributed by atoms with Crippen molar-refractivity contribution >= 4 is 23.1 Å². The number of benzene rings is 1. The quantitative estimate of drug-likeness (QED) is 0.729. The van der Waals surface area contributed by atoms with E-state index in [1.54, 1.807) is 0 Å². The maximum Gasteiger partial charge on any atom is 0.231 e. The summed E-state index contributed by atoms with van der Waals surface area (Å²) in [5, 5.41) is 3.35. The second-order valence-corrected chi connectivity index (χ2v) is 7.01. The number of hydrogen-bond acceptors (Lipinski definition) is 8. The van der Waals surface area contributed by atoms with E-state index in [1.165, 1.54) is 0 Å². The molecule has 1 N–H and O–H groups in total. The molecule has 148 valence electrons. The van der Waals surface area contributed by atoms with E-state index in [9.17, 15) is 0 Å². The smallest absolute Gasteiger partial charge is 0.231 e. The standard InChI is InChI=1S/C21H22N6O2/c1-15-23-19(25-16-5-6-17-18(12-16)29-14-28-17)13-21(24-15)27-10-8-26(9-11-27)20-4-2-3-7-22-20/h2-7,12-13H,8-11,14H2,1H3,(H,23,24,25). The highest BCUT2D eigenvalue weighted by molar-refractivity contribution is 5.64. The van der Waals surface area contributed by atoms with Crippen LogP contribution in [-0.2, 0) is 0 Å². The van der Waals surface area contributed by atoms with Gasteiger partial charge in [0.1, 0.15) is 23.3 Å². The van der Waals surface area contributed by atoms with Gasteiger partial charge < -0.3 is 24.6 Å². The van der Waals surface area contributed by atoms with Gasteiger partial charge in [0.15, 0.2) is 11.5 Å². The molecule has 29 heavy (non-hydrogen) atoms. The fourth-order valence-electron chi connectivity index (χ4n) is 3.61. The van der Waals surface area contributed by atoms with Gasteiger partial charge in [-0.1, -0.05) is 6.07 Å². The van der Waals surface area contributed by atoms with Gasteiger partial charge in [-0.3, -0.25) is 0 Å². The molecule has 0 spiro atoms. The third-order valence-electron chi connectivity index (χ3n) is 5.05. The van der Waals surface area contributed by atoms with Crippen LogP contribution in [0.5, 0.6) is 11.5 Å². The number of ether oxygens (including phenoxy) is 2. The first-order valence-corrected chi connectivity index (χ1v) is 9.68. The lowest BCUT2D eigenvalue weighted by atomic mass is 10.2. The van der Waals surface area contributed by atoms with Crippen LogP contribution in [0, 0.1) is 6.92 Å². The minimum Gasteiger partial charge on any atom is -0.454 e. The first-order chi connectivity index (χ1) is 14.2. The van der Waals surface area contributed by atoms with Crippen molar-refractivity contribution in [3.8, 4) is 11.5 Å². The van der Waals surface area contributed by atoms with Crippen LogP contribution in [0.25, 0.3) is 0 Å². The molecule has 0 atom stereocenters. The molecule has 2 aromatic heterocycles. The molecule has 5 rings (SSSR count). The van der Waals surface area contributed by atoms with E-state index in [0.717, 1.165) is 66.6 Å². The van der Waals surface area contributed by atoms with Crippen LogP contribution in [-0.4, -0.2) is 47.9 Å². The van der Waals surface area contributed by atoms with Gasteiger partial charge in [0.2, 0.25) is 6.79 Å². The maximum absolute atomic E-state index is 5.45. The summed E-state index contributed by atoms with van der Waals surface area (Å²) in [6.07, 6.45) is 1.84. The first-order valence-electron chi connectivity index (χ1n) is 9.68. The van der Waals surface area contributed by atoms with Gasteiger partial charge in [0.05, 0.1) is 0 Å². The lowest BCUT2D eigenvalue weighted by molar-refractivity contribution is 0.174. The number of piperazine rings is 1. The van der Waals surface area contributed by atoms with Crippen LogP contribution in [0.1, 0.15) is 5.82 Å². The van der Waals surface area contributed by atoms with Crippen LogP contribution in [0.3, 0.4) is 0 Å². The molecule has 4 heterocycles. The minimum absolute atomic E-state index is 0.264. The average molecular weight is 390 g/mol. The second kappa shape index (κ2) is 7.46. The van der Waals surface area contributed by atoms with Gasteiger partial charge in [0, 0.05) is 50.2 Å². The topological polar surface area (TPSA) is 75.6 Å². The fraction of sp³-hybridized carbons (Fsp3) is 0.286. The van der Waals surface area contributed by atoms with Crippen molar-refractivity contribution < 1.29 is 9.47 Å². The van der Waals surface area contributed by atoms with Gasteiger partial charge in [-0.15, -0.1) is 0 Å². The molecule has 0 radical (unpaired) electrons. The van der Waals surface area contributed by atoms with Gasteiger partial charge >= 0.3 is 0 Å². The Morgan fingerprint density at radius 3 is 2.45 bits per heavy atom. The van der Waals surface area contributed by atoms with Crippen LogP contribution < -0.4 is 24.6 Å².